The van der Waals surface area contributed by atoms with E-state index >= 15 is 4.39 Å². The van der Waals surface area contributed by atoms with Crippen molar-refractivity contribution in [2.45, 2.75) is 32.6 Å². The Morgan fingerprint density at radius 2 is 1.68 bits per heavy atom. The van der Waals surface area contributed by atoms with Crippen LogP contribution in [0.4, 0.5) is 13.2 Å². The van der Waals surface area contributed by atoms with Gasteiger partial charge in [0.25, 0.3) is 0 Å². The van der Waals surface area contributed by atoms with Crippen LogP contribution in [0.1, 0.15) is 46.8 Å². The normalized spacial score (nSPS) is 12.8. The maximum atomic E-state index is 15.1. The number of carbonyl (C=O) groups is 1. The highest BCUT2D eigenvalue weighted by molar-refractivity contribution is 5.90. The molecule has 5 heteroatoms. The summed E-state index contributed by atoms with van der Waals surface area (Å²) in [7, 11) is 0. The second-order valence-electron chi connectivity index (χ2n) is 7.57. The molecule has 3 aromatic rings. The zero-order valence-electron chi connectivity index (χ0n) is 17.1. The lowest BCUT2D eigenvalue weighted by Crippen LogP contribution is -2.11. The molecule has 0 amide bonds. The van der Waals surface area contributed by atoms with E-state index in [2.05, 4.69) is 6.92 Å². The summed E-state index contributed by atoms with van der Waals surface area (Å²) in [6.07, 6.45) is 4.05. The van der Waals surface area contributed by atoms with Crippen LogP contribution < -0.4 is 0 Å². The lowest BCUT2D eigenvalue weighted by atomic mass is 9.91. The first kappa shape index (κ1) is 20.9. The predicted molar refractivity (Wildman–Crippen MR) is 114 cm³/mol. The van der Waals surface area contributed by atoms with Crippen molar-refractivity contribution in [2.75, 3.05) is 0 Å². The van der Waals surface area contributed by atoms with E-state index in [1.807, 2.05) is 12.1 Å². The highest BCUT2D eigenvalue weighted by Gasteiger charge is 2.23. The molecule has 158 valence electrons. The van der Waals surface area contributed by atoms with Gasteiger partial charge in [-0.25, -0.2) is 18.0 Å². The van der Waals surface area contributed by atoms with Crippen LogP contribution in [0.3, 0.4) is 0 Å². The molecule has 31 heavy (non-hydrogen) atoms. The fraction of sp³-hybridized carbons (Fsp3) is 0.192. The van der Waals surface area contributed by atoms with E-state index in [1.54, 1.807) is 12.1 Å². The van der Waals surface area contributed by atoms with Crippen LogP contribution in [0.25, 0.3) is 17.2 Å². The molecule has 0 saturated carbocycles. The largest absolute Gasteiger partial charge is 0.427 e. The monoisotopic (exact) mass is 422 g/mol. The predicted octanol–water partition coefficient (Wildman–Crippen LogP) is 6.87. The van der Waals surface area contributed by atoms with Crippen LogP contribution in [0.2, 0.25) is 0 Å². The third-order valence-corrected chi connectivity index (χ3v) is 5.38. The van der Waals surface area contributed by atoms with Crippen molar-refractivity contribution in [3.63, 3.8) is 0 Å². The smallest absolute Gasteiger partial charge is 0.343 e. The maximum absolute atomic E-state index is 15.1. The molecule has 0 bridgehead atoms. The van der Waals surface area contributed by atoms with Crippen molar-refractivity contribution in [3.8, 4) is 11.1 Å². The fourth-order valence-electron chi connectivity index (χ4n) is 3.79. The zero-order chi connectivity index (χ0) is 22.0. The average Bonchev–Trinajstić information content (AvgIpc) is 2.75. The van der Waals surface area contributed by atoms with Crippen molar-refractivity contribution in [1.29, 1.82) is 0 Å². The second-order valence-corrected chi connectivity index (χ2v) is 7.57. The molecular formula is C26H21F3O2. The van der Waals surface area contributed by atoms with Crippen molar-refractivity contribution in [3.05, 3.63) is 100 Å². The molecule has 0 unspecified atom stereocenters. The number of aryl methyl sites for hydroxylation is 1. The van der Waals surface area contributed by atoms with Gasteiger partial charge in [0, 0.05) is 6.42 Å². The molecule has 0 N–H and O–H groups in total. The average molecular weight is 422 g/mol. The topological polar surface area (TPSA) is 26.3 Å². The van der Waals surface area contributed by atoms with Crippen molar-refractivity contribution in [2.24, 2.45) is 0 Å². The van der Waals surface area contributed by atoms with Crippen molar-refractivity contribution in [1.82, 2.24) is 0 Å². The first-order valence-corrected chi connectivity index (χ1v) is 10.2. The van der Waals surface area contributed by atoms with E-state index in [9.17, 15) is 13.6 Å². The molecule has 0 fully saturated rings. The number of hydrogen-bond acceptors (Lipinski definition) is 2. The number of ether oxygens (including phenoxy) is 1. The summed E-state index contributed by atoms with van der Waals surface area (Å²) in [5.74, 6) is -2.03. The number of esters is 1. The molecule has 2 nitrogen and oxygen atoms in total. The molecule has 0 radical (unpaired) electrons. The first-order valence-electron chi connectivity index (χ1n) is 10.2. The van der Waals surface area contributed by atoms with Gasteiger partial charge in [-0.15, -0.1) is 0 Å². The number of rotatable bonds is 5. The van der Waals surface area contributed by atoms with Gasteiger partial charge >= 0.3 is 5.97 Å². The van der Waals surface area contributed by atoms with Gasteiger partial charge in [-0.05, 0) is 71.5 Å². The molecule has 0 aromatic heterocycles. The number of allylic oxidation sites excluding steroid dienone is 1. The molecule has 1 aliphatic rings. The Morgan fingerprint density at radius 1 is 0.968 bits per heavy atom. The lowest BCUT2D eigenvalue weighted by Gasteiger charge is -2.19. The van der Waals surface area contributed by atoms with Gasteiger partial charge in [-0.3, -0.25) is 0 Å². The van der Waals surface area contributed by atoms with Gasteiger partial charge in [0.05, 0.1) is 11.1 Å². The van der Waals surface area contributed by atoms with Crippen LogP contribution in [0, 0.1) is 17.5 Å². The van der Waals surface area contributed by atoms with E-state index in [0.29, 0.717) is 28.9 Å². The Morgan fingerprint density at radius 3 is 2.35 bits per heavy atom. The van der Waals surface area contributed by atoms with Gasteiger partial charge in [0.1, 0.15) is 23.2 Å². The summed E-state index contributed by atoms with van der Waals surface area (Å²) in [6, 6.07) is 13.5. The molecule has 3 aromatic carbocycles. The molecule has 4 rings (SSSR count). The number of hydrogen-bond donors (Lipinski definition) is 0. The Hall–Kier alpha value is -3.34. The first-order chi connectivity index (χ1) is 15.0. The van der Waals surface area contributed by atoms with E-state index in [1.165, 1.54) is 36.4 Å². The molecule has 0 saturated heterocycles. The summed E-state index contributed by atoms with van der Waals surface area (Å²) in [5.41, 5.74) is 2.35. The van der Waals surface area contributed by atoms with Crippen molar-refractivity contribution >= 4 is 12.0 Å². The summed E-state index contributed by atoms with van der Waals surface area (Å²) >= 11 is 0. The number of benzene rings is 3. The van der Waals surface area contributed by atoms with Crippen LogP contribution in [0.5, 0.6) is 0 Å². The minimum Gasteiger partial charge on any atom is -0.427 e. The minimum atomic E-state index is -0.752. The molecule has 0 atom stereocenters. The Balaban J connectivity index is 1.58. The quantitative estimate of drug-likeness (QED) is 0.420. The standard InChI is InChI=1S/C26H21F3O2/c1-2-3-16-4-6-18(7-5-16)26(30)31-21-12-13-22-19(14-21)15-23(28)24(25(22)29)17-8-10-20(27)11-9-17/h4-11,14-15H,2-3,12-13H2,1H3. The minimum absolute atomic E-state index is 0.181. The van der Waals surface area contributed by atoms with E-state index in [4.69, 9.17) is 4.74 Å². The van der Waals surface area contributed by atoms with Gasteiger partial charge in [0.2, 0.25) is 0 Å². The molecule has 0 spiro atoms. The lowest BCUT2D eigenvalue weighted by molar-refractivity contribution is 0.0617. The third-order valence-electron chi connectivity index (χ3n) is 5.38. The van der Waals surface area contributed by atoms with Gasteiger partial charge < -0.3 is 4.74 Å². The molecule has 0 aliphatic heterocycles. The van der Waals surface area contributed by atoms with E-state index in [0.717, 1.165) is 18.4 Å². The molecule has 0 heterocycles. The van der Waals surface area contributed by atoms with Crippen LogP contribution in [0.15, 0.2) is 60.4 Å². The number of carbonyl (C=O) groups excluding carboxylic acids is 1. The van der Waals surface area contributed by atoms with Crippen molar-refractivity contribution < 1.29 is 22.7 Å². The SMILES string of the molecule is CCCc1ccc(C(=O)OC2=Cc3cc(F)c(-c4ccc(F)cc4)c(F)c3CC2)cc1. The summed E-state index contributed by atoms with van der Waals surface area (Å²) in [5, 5.41) is 0. The van der Waals surface area contributed by atoms with Gasteiger partial charge in [0.15, 0.2) is 0 Å². The highest BCUT2D eigenvalue weighted by Crippen LogP contribution is 2.35. The Bertz CT molecular complexity index is 1150. The Kier molecular flexibility index (Phi) is 5.94. The summed E-state index contributed by atoms with van der Waals surface area (Å²) < 4.78 is 48.4. The van der Waals surface area contributed by atoms with Crippen LogP contribution in [-0.2, 0) is 17.6 Å². The number of fused-ring (bicyclic) bond motifs is 1. The fourth-order valence-corrected chi connectivity index (χ4v) is 3.79. The van der Waals surface area contributed by atoms with Gasteiger partial charge in [-0.2, -0.15) is 0 Å². The van der Waals surface area contributed by atoms with Gasteiger partial charge in [-0.1, -0.05) is 37.6 Å². The Labute approximate surface area is 179 Å². The maximum Gasteiger partial charge on any atom is 0.343 e. The zero-order valence-corrected chi connectivity index (χ0v) is 17.1. The van der Waals surface area contributed by atoms with E-state index < -0.39 is 23.4 Å². The van der Waals surface area contributed by atoms with E-state index in [-0.39, 0.29) is 17.5 Å². The molecule has 1 aliphatic carbocycles. The summed E-state index contributed by atoms with van der Waals surface area (Å²) in [6.45, 7) is 2.09. The number of halogens is 3. The third kappa shape index (κ3) is 4.41. The highest BCUT2D eigenvalue weighted by atomic mass is 19.1. The second kappa shape index (κ2) is 8.80. The summed E-state index contributed by atoms with van der Waals surface area (Å²) in [4.78, 5) is 12.5. The molecular weight excluding hydrogens is 401 g/mol. The van der Waals surface area contributed by atoms with Crippen LogP contribution >= 0.6 is 0 Å². The van der Waals surface area contributed by atoms with Crippen LogP contribution in [-0.4, -0.2) is 5.97 Å².